The standard InChI is InChI=1S/C10H9ClN2O2/c1-6-2-9(11)12-4-8(6)13-5-7(14)3-10(13)15/h2,4H,3,5H2,1H3. The minimum atomic E-state index is -0.174. The molecular formula is C10H9ClN2O2. The molecule has 0 unspecified atom stereocenters. The second kappa shape index (κ2) is 3.62. The highest BCUT2D eigenvalue weighted by Gasteiger charge is 2.29. The lowest BCUT2D eigenvalue weighted by atomic mass is 10.2. The average Bonchev–Trinajstić information content (AvgIpc) is 2.45. The lowest BCUT2D eigenvalue weighted by Gasteiger charge is -2.16. The number of nitrogens with zero attached hydrogens (tertiary/aromatic N) is 2. The molecule has 1 aliphatic heterocycles. The van der Waals surface area contributed by atoms with E-state index >= 15 is 0 Å². The maximum atomic E-state index is 11.5. The molecule has 15 heavy (non-hydrogen) atoms. The highest BCUT2D eigenvalue weighted by molar-refractivity contribution is 6.29. The number of ketones is 1. The van der Waals surface area contributed by atoms with Crippen LogP contribution in [-0.4, -0.2) is 23.2 Å². The first-order valence-corrected chi connectivity index (χ1v) is 4.90. The van der Waals surface area contributed by atoms with Gasteiger partial charge in [0.25, 0.3) is 0 Å². The van der Waals surface area contributed by atoms with E-state index in [0.717, 1.165) is 5.56 Å². The van der Waals surface area contributed by atoms with E-state index in [9.17, 15) is 9.59 Å². The zero-order valence-electron chi connectivity index (χ0n) is 8.16. The van der Waals surface area contributed by atoms with E-state index in [-0.39, 0.29) is 24.7 Å². The molecule has 1 fully saturated rings. The summed E-state index contributed by atoms with van der Waals surface area (Å²) in [5.41, 5.74) is 1.51. The zero-order valence-corrected chi connectivity index (χ0v) is 8.91. The van der Waals surface area contributed by atoms with Gasteiger partial charge in [-0.15, -0.1) is 0 Å². The number of carbonyl (C=O) groups is 2. The van der Waals surface area contributed by atoms with Crippen molar-refractivity contribution in [1.29, 1.82) is 0 Å². The minimum absolute atomic E-state index is 0.0118. The summed E-state index contributed by atoms with van der Waals surface area (Å²) in [5, 5.41) is 0.384. The van der Waals surface area contributed by atoms with Gasteiger partial charge in [-0.3, -0.25) is 9.59 Å². The summed E-state index contributed by atoms with van der Waals surface area (Å²) in [5.74, 6) is -0.235. The Morgan fingerprint density at radius 3 is 2.73 bits per heavy atom. The lowest BCUT2D eigenvalue weighted by Crippen LogP contribution is -2.25. The molecule has 1 aliphatic rings. The van der Waals surface area contributed by atoms with Crippen LogP contribution in [0.2, 0.25) is 5.15 Å². The first-order chi connectivity index (χ1) is 7.08. The van der Waals surface area contributed by atoms with Gasteiger partial charge in [-0.05, 0) is 18.6 Å². The number of aryl methyl sites for hydroxylation is 1. The summed E-state index contributed by atoms with van der Waals surface area (Å²) in [7, 11) is 0. The van der Waals surface area contributed by atoms with E-state index in [1.165, 1.54) is 11.1 Å². The molecule has 0 saturated carbocycles. The highest BCUT2D eigenvalue weighted by atomic mass is 35.5. The Labute approximate surface area is 91.9 Å². The van der Waals surface area contributed by atoms with Crippen LogP contribution >= 0.6 is 11.6 Å². The molecule has 1 amide bonds. The summed E-state index contributed by atoms with van der Waals surface area (Å²) in [6.07, 6.45) is 1.51. The van der Waals surface area contributed by atoms with Crippen LogP contribution in [0.15, 0.2) is 12.3 Å². The van der Waals surface area contributed by atoms with E-state index in [1.54, 1.807) is 6.07 Å². The van der Waals surface area contributed by atoms with Gasteiger partial charge in [-0.1, -0.05) is 11.6 Å². The Morgan fingerprint density at radius 1 is 1.47 bits per heavy atom. The third-order valence-electron chi connectivity index (χ3n) is 2.32. The van der Waals surface area contributed by atoms with E-state index in [2.05, 4.69) is 4.98 Å². The maximum Gasteiger partial charge on any atom is 0.234 e. The number of rotatable bonds is 1. The number of halogens is 1. The Kier molecular flexibility index (Phi) is 2.44. The van der Waals surface area contributed by atoms with Gasteiger partial charge in [-0.2, -0.15) is 0 Å². The second-order valence-corrected chi connectivity index (χ2v) is 3.88. The number of anilines is 1. The van der Waals surface area contributed by atoms with Crippen molar-refractivity contribution in [2.45, 2.75) is 13.3 Å². The third kappa shape index (κ3) is 1.85. The summed E-state index contributed by atoms with van der Waals surface area (Å²) in [4.78, 5) is 27.9. The summed E-state index contributed by atoms with van der Waals surface area (Å²) < 4.78 is 0. The smallest absolute Gasteiger partial charge is 0.234 e. The maximum absolute atomic E-state index is 11.5. The topological polar surface area (TPSA) is 50.3 Å². The Balaban J connectivity index is 2.38. The number of carbonyl (C=O) groups excluding carboxylic acids is 2. The van der Waals surface area contributed by atoms with Crippen LogP contribution in [0.25, 0.3) is 0 Å². The molecule has 0 spiro atoms. The van der Waals surface area contributed by atoms with Crippen LogP contribution in [0.3, 0.4) is 0 Å². The third-order valence-corrected chi connectivity index (χ3v) is 2.53. The van der Waals surface area contributed by atoms with Crippen LogP contribution in [0.1, 0.15) is 12.0 Å². The van der Waals surface area contributed by atoms with Crippen molar-refractivity contribution in [3.8, 4) is 0 Å². The van der Waals surface area contributed by atoms with Gasteiger partial charge in [0, 0.05) is 0 Å². The number of hydrogen-bond acceptors (Lipinski definition) is 3. The molecule has 0 radical (unpaired) electrons. The molecule has 0 aliphatic carbocycles. The second-order valence-electron chi connectivity index (χ2n) is 3.49. The molecule has 1 aromatic rings. The predicted octanol–water partition coefficient (Wildman–Crippen LogP) is 1.35. The summed E-state index contributed by atoms with van der Waals surface area (Å²) in [6.45, 7) is 1.97. The van der Waals surface area contributed by atoms with Crippen LogP contribution in [0.4, 0.5) is 5.69 Å². The molecule has 0 bridgehead atoms. The first-order valence-electron chi connectivity index (χ1n) is 4.52. The fourth-order valence-corrected chi connectivity index (χ4v) is 1.81. The van der Waals surface area contributed by atoms with Crippen molar-refractivity contribution in [2.24, 2.45) is 0 Å². The average molecular weight is 225 g/mol. The monoisotopic (exact) mass is 224 g/mol. The fraction of sp³-hybridized carbons (Fsp3) is 0.300. The first kappa shape index (κ1) is 10.1. The van der Waals surface area contributed by atoms with Crippen molar-refractivity contribution in [3.05, 3.63) is 23.0 Å². The van der Waals surface area contributed by atoms with Gasteiger partial charge in [0.05, 0.1) is 24.8 Å². The van der Waals surface area contributed by atoms with E-state index in [0.29, 0.717) is 10.8 Å². The molecule has 78 valence electrons. The summed E-state index contributed by atoms with van der Waals surface area (Å²) in [6, 6.07) is 1.67. The Bertz CT molecular complexity index is 445. The quantitative estimate of drug-likeness (QED) is 0.535. The van der Waals surface area contributed by atoms with Crippen molar-refractivity contribution in [3.63, 3.8) is 0 Å². The summed E-state index contributed by atoms with van der Waals surface area (Å²) >= 11 is 5.71. The molecule has 0 N–H and O–H groups in total. The lowest BCUT2D eigenvalue weighted by molar-refractivity contribution is -0.121. The number of Topliss-reactive ketones (excluding diaryl/α,β-unsaturated/α-hetero) is 1. The molecule has 4 nitrogen and oxygen atoms in total. The molecule has 1 aromatic heterocycles. The molecular weight excluding hydrogens is 216 g/mol. The number of pyridine rings is 1. The molecule has 0 aromatic carbocycles. The van der Waals surface area contributed by atoms with Gasteiger partial charge >= 0.3 is 0 Å². The van der Waals surface area contributed by atoms with Crippen LogP contribution < -0.4 is 4.90 Å². The largest absolute Gasteiger partial charge is 0.303 e. The van der Waals surface area contributed by atoms with E-state index in [1.807, 2.05) is 6.92 Å². The zero-order chi connectivity index (χ0) is 11.0. The van der Waals surface area contributed by atoms with Crippen molar-refractivity contribution >= 4 is 29.0 Å². The fourth-order valence-electron chi connectivity index (χ4n) is 1.60. The highest BCUT2D eigenvalue weighted by Crippen LogP contribution is 2.24. The Hall–Kier alpha value is -1.42. The SMILES string of the molecule is Cc1cc(Cl)ncc1N1CC(=O)CC1=O. The molecule has 2 heterocycles. The van der Waals surface area contributed by atoms with Gasteiger partial charge in [0.2, 0.25) is 5.91 Å². The van der Waals surface area contributed by atoms with Crippen LogP contribution in [0, 0.1) is 6.92 Å². The van der Waals surface area contributed by atoms with Crippen molar-refractivity contribution in [1.82, 2.24) is 4.98 Å². The van der Waals surface area contributed by atoms with Gasteiger partial charge in [0.15, 0.2) is 5.78 Å². The van der Waals surface area contributed by atoms with Gasteiger partial charge in [-0.25, -0.2) is 4.98 Å². The van der Waals surface area contributed by atoms with Crippen LogP contribution in [-0.2, 0) is 9.59 Å². The van der Waals surface area contributed by atoms with Gasteiger partial charge in [0.1, 0.15) is 5.15 Å². The van der Waals surface area contributed by atoms with Crippen LogP contribution in [0.5, 0.6) is 0 Å². The van der Waals surface area contributed by atoms with E-state index < -0.39 is 0 Å². The normalized spacial score (nSPS) is 16.3. The van der Waals surface area contributed by atoms with Crippen molar-refractivity contribution in [2.75, 3.05) is 11.4 Å². The predicted molar refractivity (Wildman–Crippen MR) is 56.0 cm³/mol. The van der Waals surface area contributed by atoms with Crippen molar-refractivity contribution < 1.29 is 9.59 Å². The molecule has 5 heteroatoms. The molecule has 1 saturated heterocycles. The molecule has 2 rings (SSSR count). The Morgan fingerprint density at radius 2 is 2.20 bits per heavy atom. The number of aromatic nitrogens is 1. The van der Waals surface area contributed by atoms with Gasteiger partial charge < -0.3 is 4.90 Å². The van der Waals surface area contributed by atoms with E-state index in [4.69, 9.17) is 11.6 Å². The molecule has 0 atom stereocenters. The number of amides is 1. The minimum Gasteiger partial charge on any atom is -0.303 e. The number of hydrogen-bond donors (Lipinski definition) is 0.